The zero-order chi connectivity index (χ0) is 15.5. The first kappa shape index (κ1) is 13.9. The molecule has 0 radical (unpaired) electrons. The van der Waals surface area contributed by atoms with E-state index >= 15 is 0 Å². The van der Waals surface area contributed by atoms with Crippen LogP contribution in [0.4, 0.5) is 0 Å². The van der Waals surface area contributed by atoms with Gasteiger partial charge in [0.25, 0.3) is 0 Å². The molecule has 4 aliphatic rings. The molecule has 5 rings (SSSR count). The van der Waals surface area contributed by atoms with Gasteiger partial charge in [0.2, 0.25) is 0 Å². The van der Waals surface area contributed by atoms with Crippen LogP contribution in [0.3, 0.4) is 0 Å². The van der Waals surface area contributed by atoms with E-state index < -0.39 is 5.97 Å². The lowest BCUT2D eigenvalue weighted by atomic mass is 9.48. The number of carboxylic acids is 1. The molecule has 4 saturated carbocycles. The summed E-state index contributed by atoms with van der Waals surface area (Å²) in [6.07, 6.45) is 7.19. The predicted octanol–water partition coefficient (Wildman–Crippen LogP) is 3.57. The molecular weight excluding hydrogens is 280 g/mol. The number of carboxylic acid groups (broad SMARTS) is 1. The van der Waals surface area contributed by atoms with Crippen LogP contribution in [0.25, 0.3) is 0 Å². The fourth-order valence-corrected chi connectivity index (χ4v) is 5.73. The van der Waals surface area contributed by atoms with Crippen LogP contribution >= 0.6 is 0 Å². The van der Waals surface area contributed by atoms with Gasteiger partial charge in [0.15, 0.2) is 11.5 Å². The van der Waals surface area contributed by atoms with E-state index in [4.69, 9.17) is 4.74 Å². The molecule has 0 aromatic heterocycles. The first-order valence-electron chi connectivity index (χ1n) is 8.15. The summed E-state index contributed by atoms with van der Waals surface area (Å²) in [5.41, 5.74) is 0.973. The standard InChI is InChI=1S/C18H22O4/c1-22-15-6-13(17(20)21)5-14(16(15)19)18-7-10-2-11(8-18)4-12(3-10)9-18/h5-6,10-12,19H,2-4,7-9H2,1H3,(H,20,21). The van der Waals surface area contributed by atoms with Crippen LogP contribution in [0.2, 0.25) is 0 Å². The van der Waals surface area contributed by atoms with E-state index in [1.54, 1.807) is 6.07 Å². The Bertz CT molecular complexity index is 599. The lowest BCUT2D eigenvalue weighted by molar-refractivity contribution is -0.00629. The number of aromatic hydroxyl groups is 1. The summed E-state index contributed by atoms with van der Waals surface area (Å²) in [4.78, 5) is 11.4. The molecule has 22 heavy (non-hydrogen) atoms. The van der Waals surface area contributed by atoms with E-state index in [0.29, 0.717) is 0 Å². The average molecular weight is 302 g/mol. The van der Waals surface area contributed by atoms with Crippen molar-refractivity contribution in [2.24, 2.45) is 17.8 Å². The van der Waals surface area contributed by atoms with Crippen LogP contribution in [-0.2, 0) is 5.41 Å². The molecule has 118 valence electrons. The Hall–Kier alpha value is -1.71. The maximum atomic E-state index is 11.4. The van der Waals surface area contributed by atoms with Crippen molar-refractivity contribution in [1.29, 1.82) is 0 Å². The summed E-state index contributed by atoms with van der Waals surface area (Å²) in [5.74, 6) is 1.68. The fraction of sp³-hybridized carbons (Fsp3) is 0.611. The second-order valence-corrected chi connectivity index (χ2v) is 7.58. The monoisotopic (exact) mass is 302 g/mol. The van der Waals surface area contributed by atoms with Gasteiger partial charge in [0.1, 0.15) is 0 Å². The topological polar surface area (TPSA) is 66.8 Å². The Morgan fingerprint density at radius 2 is 1.68 bits per heavy atom. The third-order valence-corrected chi connectivity index (χ3v) is 6.15. The third-order valence-electron chi connectivity index (χ3n) is 6.15. The van der Waals surface area contributed by atoms with Crippen LogP contribution in [0.5, 0.6) is 11.5 Å². The van der Waals surface area contributed by atoms with Gasteiger partial charge in [-0.1, -0.05) is 0 Å². The summed E-state index contributed by atoms with van der Waals surface area (Å²) in [6.45, 7) is 0. The van der Waals surface area contributed by atoms with E-state index in [1.807, 2.05) is 0 Å². The highest BCUT2D eigenvalue weighted by molar-refractivity contribution is 5.89. The van der Waals surface area contributed by atoms with E-state index in [2.05, 4.69) is 0 Å². The van der Waals surface area contributed by atoms with Crippen LogP contribution in [0, 0.1) is 17.8 Å². The molecule has 0 heterocycles. The average Bonchev–Trinajstić information content (AvgIpc) is 2.45. The number of benzene rings is 1. The van der Waals surface area contributed by atoms with E-state index in [-0.39, 0.29) is 22.5 Å². The van der Waals surface area contributed by atoms with Crippen molar-refractivity contribution >= 4 is 5.97 Å². The Labute approximate surface area is 130 Å². The molecule has 0 unspecified atom stereocenters. The minimum absolute atomic E-state index is 0.0441. The smallest absolute Gasteiger partial charge is 0.335 e. The number of phenols is 1. The second kappa shape index (κ2) is 4.64. The largest absolute Gasteiger partial charge is 0.504 e. The molecule has 4 fully saturated rings. The number of phenolic OH excluding ortho intramolecular Hbond substituents is 1. The number of methoxy groups -OCH3 is 1. The van der Waals surface area contributed by atoms with Gasteiger partial charge in [-0.05, 0) is 73.8 Å². The first-order valence-corrected chi connectivity index (χ1v) is 8.15. The van der Waals surface area contributed by atoms with Crippen LogP contribution in [0.15, 0.2) is 12.1 Å². The zero-order valence-corrected chi connectivity index (χ0v) is 12.8. The highest BCUT2D eigenvalue weighted by Gasteiger charge is 2.52. The minimum Gasteiger partial charge on any atom is -0.504 e. The molecule has 0 spiro atoms. The Balaban J connectivity index is 1.85. The molecule has 0 atom stereocenters. The highest BCUT2D eigenvalue weighted by Crippen LogP contribution is 2.62. The van der Waals surface area contributed by atoms with Crippen molar-refractivity contribution in [3.05, 3.63) is 23.3 Å². The fourth-order valence-electron chi connectivity index (χ4n) is 5.73. The van der Waals surface area contributed by atoms with Gasteiger partial charge in [-0.25, -0.2) is 4.79 Å². The number of rotatable bonds is 3. The van der Waals surface area contributed by atoms with Gasteiger partial charge in [0.05, 0.1) is 12.7 Å². The Kier molecular flexibility index (Phi) is 2.94. The molecule has 4 aliphatic carbocycles. The molecule has 1 aromatic carbocycles. The molecule has 4 nitrogen and oxygen atoms in total. The van der Waals surface area contributed by atoms with Crippen LogP contribution < -0.4 is 4.74 Å². The molecular formula is C18H22O4. The summed E-state index contributed by atoms with van der Waals surface area (Å²) >= 11 is 0. The van der Waals surface area contributed by atoms with E-state index in [0.717, 1.165) is 42.6 Å². The molecule has 4 heteroatoms. The number of carbonyl (C=O) groups is 1. The lowest BCUT2D eigenvalue weighted by Crippen LogP contribution is -2.48. The molecule has 0 amide bonds. The van der Waals surface area contributed by atoms with Crippen LogP contribution in [0.1, 0.15) is 54.4 Å². The van der Waals surface area contributed by atoms with Gasteiger partial charge in [0, 0.05) is 5.56 Å². The predicted molar refractivity (Wildman–Crippen MR) is 81.5 cm³/mol. The summed E-state index contributed by atoms with van der Waals surface area (Å²) in [6, 6.07) is 3.11. The van der Waals surface area contributed by atoms with Crippen molar-refractivity contribution in [2.75, 3.05) is 7.11 Å². The normalized spacial score (nSPS) is 35.6. The van der Waals surface area contributed by atoms with Gasteiger partial charge in [-0.15, -0.1) is 0 Å². The summed E-state index contributed by atoms with van der Waals surface area (Å²) in [5, 5.41) is 20.0. The number of aromatic carboxylic acids is 1. The molecule has 0 saturated heterocycles. The van der Waals surface area contributed by atoms with Crippen LogP contribution in [-0.4, -0.2) is 23.3 Å². The minimum atomic E-state index is -0.968. The summed E-state index contributed by atoms with van der Waals surface area (Å²) < 4.78 is 5.23. The number of ether oxygens (including phenoxy) is 1. The van der Waals surface area contributed by atoms with E-state index in [1.165, 1.54) is 32.4 Å². The van der Waals surface area contributed by atoms with Crippen molar-refractivity contribution in [2.45, 2.75) is 43.9 Å². The maximum absolute atomic E-state index is 11.4. The SMILES string of the molecule is COc1cc(C(=O)O)cc(C23CC4CC(CC(C4)C2)C3)c1O. The summed E-state index contributed by atoms with van der Waals surface area (Å²) in [7, 11) is 1.48. The van der Waals surface area contributed by atoms with Gasteiger partial charge < -0.3 is 14.9 Å². The highest BCUT2D eigenvalue weighted by atomic mass is 16.5. The van der Waals surface area contributed by atoms with Crippen molar-refractivity contribution < 1.29 is 19.7 Å². The zero-order valence-electron chi connectivity index (χ0n) is 12.8. The molecule has 2 N–H and O–H groups in total. The van der Waals surface area contributed by atoms with Crippen molar-refractivity contribution in [1.82, 2.24) is 0 Å². The maximum Gasteiger partial charge on any atom is 0.335 e. The lowest BCUT2D eigenvalue weighted by Gasteiger charge is -2.57. The number of hydrogen-bond donors (Lipinski definition) is 2. The first-order chi connectivity index (χ1) is 10.5. The van der Waals surface area contributed by atoms with E-state index in [9.17, 15) is 15.0 Å². The van der Waals surface area contributed by atoms with Gasteiger partial charge in [-0.2, -0.15) is 0 Å². The quantitative estimate of drug-likeness (QED) is 0.896. The molecule has 4 bridgehead atoms. The van der Waals surface area contributed by atoms with Crippen molar-refractivity contribution in [3.8, 4) is 11.5 Å². The third kappa shape index (κ3) is 1.93. The Morgan fingerprint density at radius 3 is 2.14 bits per heavy atom. The van der Waals surface area contributed by atoms with Gasteiger partial charge >= 0.3 is 5.97 Å². The Morgan fingerprint density at radius 1 is 1.14 bits per heavy atom. The van der Waals surface area contributed by atoms with Crippen molar-refractivity contribution in [3.63, 3.8) is 0 Å². The second-order valence-electron chi connectivity index (χ2n) is 7.58. The number of hydrogen-bond acceptors (Lipinski definition) is 3. The molecule has 0 aliphatic heterocycles. The van der Waals surface area contributed by atoms with Gasteiger partial charge in [-0.3, -0.25) is 0 Å². The molecule has 1 aromatic rings.